The summed E-state index contributed by atoms with van der Waals surface area (Å²) >= 11 is 0. The SMILES string of the molecule is O=C(Cn1nnc(-c2ccco2)n1)NCC1(O)CCCC1. The van der Waals surface area contributed by atoms with E-state index in [4.69, 9.17) is 4.42 Å². The Morgan fingerprint density at radius 2 is 2.29 bits per heavy atom. The highest BCUT2D eigenvalue weighted by molar-refractivity contribution is 5.75. The van der Waals surface area contributed by atoms with Crippen LogP contribution in [0.25, 0.3) is 11.6 Å². The van der Waals surface area contributed by atoms with Crippen molar-refractivity contribution < 1.29 is 14.3 Å². The molecular formula is C13H17N5O3. The van der Waals surface area contributed by atoms with Crippen LogP contribution in [0.3, 0.4) is 0 Å². The Labute approximate surface area is 121 Å². The fourth-order valence-corrected chi connectivity index (χ4v) is 2.47. The molecule has 112 valence electrons. The molecule has 1 fully saturated rings. The van der Waals surface area contributed by atoms with E-state index in [1.54, 1.807) is 12.1 Å². The van der Waals surface area contributed by atoms with Gasteiger partial charge in [-0.05, 0) is 30.2 Å². The van der Waals surface area contributed by atoms with E-state index in [-0.39, 0.29) is 19.0 Å². The van der Waals surface area contributed by atoms with Crippen molar-refractivity contribution in [3.8, 4) is 11.6 Å². The number of nitrogens with one attached hydrogen (secondary N) is 1. The van der Waals surface area contributed by atoms with Gasteiger partial charge in [-0.2, -0.15) is 4.80 Å². The van der Waals surface area contributed by atoms with Crippen molar-refractivity contribution in [1.82, 2.24) is 25.5 Å². The maximum atomic E-state index is 11.8. The standard InChI is InChI=1S/C13H17N5O3/c19-11(14-9-13(20)5-1-2-6-13)8-18-16-12(15-17-18)10-4-3-7-21-10/h3-4,7,20H,1-2,5-6,8-9H2,(H,14,19). The second kappa shape index (κ2) is 5.65. The predicted molar refractivity (Wildman–Crippen MR) is 71.9 cm³/mol. The monoisotopic (exact) mass is 291 g/mol. The number of rotatable bonds is 5. The minimum Gasteiger partial charge on any atom is -0.461 e. The summed E-state index contributed by atoms with van der Waals surface area (Å²) in [6.07, 6.45) is 4.99. The van der Waals surface area contributed by atoms with Crippen molar-refractivity contribution in [2.24, 2.45) is 0 Å². The molecule has 1 amide bonds. The molecule has 1 aliphatic rings. The van der Waals surface area contributed by atoms with Crippen LogP contribution < -0.4 is 5.32 Å². The summed E-state index contributed by atoms with van der Waals surface area (Å²) in [5.74, 6) is 0.586. The van der Waals surface area contributed by atoms with Gasteiger partial charge in [0.15, 0.2) is 5.76 Å². The van der Waals surface area contributed by atoms with Gasteiger partial charge in [-0.15, -0.1) is 10.2 Å². The topological polar surface area (TPSA) is 106 Å². The third kappa shape index (κ3) is 3.27. The Hall–Kier alpha value is -2.22. The van der Waals surface area contributed by atoms with Gasteiger partial charge in [-0.1, -0.05) is 12.8 Å². The van der Waals surface area contributed by atoms with Crippen molar-refractivity contribution in [2.75, 3.05) is 6.54 Å². The molecule has 2 heterocycles. The molecule has 21 heavy (non-hydrogen) atoms. The summed E-state index contributed by atoms with van der Waals surface area (Å²) < 4.78 is 5.15. The summed E-state index contributed by atoms with van der Waals surface area (Å²) in [5, 5.41) is 24.6. The first-order chi connectivity index (χ1) is 10.1. The number of aromatic nitrogens is 4. The normalized spacial score (nSPS) is 17.0. The van der Waals surface area contributed by atoms with Gasteiger partial charge >= 0.3 is 0 Å². The van der Waals surface area contributed by atoms with Crippen LogP contribution in [0.15, 0.2) is 22.8 Å². The maximum absolute atomic E-state index is 11.8. The molecule has 1 aliphatic carbocycles. The molecule has 2 aromatic rings. The Bertz CT molecular complexity index is 601. The van der Waals surface area contributed by atoms with E-state index >= 15 is 0 Å². The number of amides is 1. The fourth-order valence-electron chi connectivity index (χ4n) is 2.47. The largest absolute Gasteiger partial charge is 0.461 e. The predicted octanol–water partition coefficient (Wildman–Crippen LogP) is 0.354. The van der Waals surface area contributed by atoms with Crippen LogP contribution in [-0.2, 0) is 11.3 Å². The summed E-state index contributed by atoms with van der Waals surface area (Å²) in [6, 6.07) is 3.45. The van der Waals surface area contributed by atoms with E-state index in [0.717, 1.165) is 25.7 Å². The molecule has 2 aromatic heterocycles. The third-order valence-corrected chi connectivity index (χ3v) is 3.63. The van der Waals surface area contributed by atoms with E-state index in [2.05, 4.69) is 20.7 Å². The molecular weight excluding hydrogens is 274 g/mol. The van der Waals surface area contributed by atoms with Gasteiger partial charge in [-0.3, -0.25) is 4.79 Å². The van der Waals surface area contributed by atoms with Crippen LogP contribution in [-0.4, -0.2) is 43.4 Å². The number of tetrazole rings is 1. The number of aliphatic hydroxyl groups is 1. The van der Waals surface area contributed by atoms with Gasteiger partial charge in [0.05, 0.1) is 11.9 Å². The molecule has 0 aliphatic heterocycles. The highest BCUT2D eigenvalue weighted by Gasteiger charge is 2.31. The first-order valence-electron chi connectivity index (χ1n) is 6.95. The molecule has 0 spiro atoms. The smallest absolute Gasteiger partial charge is 0.243 e. The lowest BCUT2D eigenvalue weighted by molar-refractivity contribution is -0.123. The zero-order valence-electron chi connectivity index (χ0n) is 11.5. The summed E-state index contributed by atoms with van der Waals surface area (Å²) in [4.78, 5) is 13.0. The summed E-state index contributed by atoms with van der Waals surface area (Å²) in [7, 11) is 0. The highest BCUT2D eigenvalue weighted by atomic mass is 16.3. The Kier molecular flexibility index (Phi) is 3.70. The van der Waals surface area contributed by atoms with Crippen LogP contribution in [0.2, 0.25) is 0 Å². The fraction of sp³-hybridized carbons (Fsp3) is 0.538. The van der Waals surface area contributed by atoms with Gasteiger partial charge in [0, 0.05) is 6.54 Å². The second-order valence-electron chi connectivity index (χ2n) is 5.33. The molecule has 0 bridgehead atoms. The van der Waals surface area contributed by atoms with E-state index in [9.17, 15) is 9.90 Å². The van der Waals surface area contributed by atoms with Gasteiger partial charge in [0.25, 0.3) is 0 Å². The molecule has 8 heteroatoms. The Morgan fingerprint density at radius 3 is 3.00 bits per heavy atom. The van der Waals surface area contributed by atoms with Crippen LogP contribution in [0.1, 0.15) is 25.7 Å². The molecule has 0 aromatic carbocycles. The number of nitrogens with zero attached hydrogens (tertiary/aromatic N) is 4. The quantitative estimate of drug-likeness (QED) is 0.823. The molecule has 0 unspecified atom stereocenters. The van der Waals surface area contributed by atoms with Gasteiger partial charge < -0.3 is 14.8 Å². The van der Waals surface area contributed by atoms with E-state index < -0.39 is 5.60 Å². The molecule has 0 radical (unpaired) electrons. The molecule has 1 saturated carbocycles. The van der Waals surface area contributed by atoms with Crippen molar-refractivity contribution in [3.63, 3.8) is 0 Å². The maximum Gasteiger partial charge on any atom is 0.243 e. The molecule has 0 saturated heterocycles. The molecule has 0 atom stereocenters. The third-order valence-electron chi connectivity index (χ3n) is 3.63. The van der Waals surface area contributed by atoms with Gasteiger partial charge in [-0.25, -0.2) is 0 Å². The molecule has 3 rings (SSSR count). The molecule has 2 N–H and O–H groups in total. The van der Waals surface area contributed by atoms with E-state index in [1.807, 2.05) is 0 Å². The van der Waals surface area contributed by atoms with E-state index in [1.165, 1.54) is 11.1 Å². The zero-order chi connectivity index (χ0) is 14.7. The van der Waals surface area contributed by atoms with Crippen LogP contribution >= 0.6 is 0 Å². The second-order valence-corrected chi connectivity index (χ2v) is 5.33. The average Bonchev–Trinajstić information content (AvgIpc) is 3.17. The lowest BCUT2D eigenvalue weighted by atomic mass is 10.0. The number of furan rings is 1. The minimum atomic E-state index is -0.759. The number of hydrogen-bond acceptors (Lipinski definition) is 6. The zero-order valence-corrected chi connectivity index (χ0v) is 11.5. The van der Waals surface area contributed by atoms with Crippen LogP contribution in [0.4, 0.5) is 0 Å². The van der Waals surface area contributed by atoms with E-state index in [0.29, 0.717) is 11.6 Å². The highest BCUT2D eigenvalue weighted by Crippen LogP contribution is 2.28. The van der Waals surface area contributed by atoms with Gasteiger partial charge in [0.2, 0.25) is 11.7 Å². The van der Waals surface area contributed by atoms with Crippen molar-refractivity contribution in [1.29, 1.82) is 0 Å². The van der Waals surface area contributed by atoms with Crippen LogP contribution in [0.5, 0.6) is 0 Å². The van der Waals surface area contributed by atoms with Crippen molar-refractivity contribution in [3.05, 3.63) is 18.4 Å². The van der Waals surface area contributed by atoms with Crippen molar-refractivity contribution >= 4 is 5.91 Å². The number of hydrogen-bond donors (Lipinski definition) is 2. The lowest BCUT2D eigenvalue weighted by Crippen LogP contribution is -2.42. The first-order valence-corrected chi connectivity index (χ1v) is 6.95. The Morgan fingerprint density at radius 1 is 1.48 bits per heavy atom. The number of carbonyl (C=O) groups is 1. The average molecular weight is 291 g/mol. The summed E-state index contributed by atoms with van der Waals surface area (Å²) in [5.41, 5.74) is -0.759. The molecule has 8 nitrogen and oxygen atoms in total. The lowest BCUT2D eigenvalue weighted by Gasteiger charge is -2.22. The number of carbonyl (C=O) groups excluding carboxylic acids is 1. The van der Waals surface area contributed by atoms with Gasteiger partial charge in [0.1, 0.15) is 6.54 Å². The summed E-state index contributed by atoms with van der Waals surface area (Å²) in [6.45, 7) is 0.232. The van der Waals surface area contributed by atoms with Crippen molar-refractivity contribution in [2.45, 2.75) is 37.8 Å². The minimum absolute atomic E-state index is 0.0379. The first kappa shape index (κ1) is 13.7. The van der Waals surface area contributed by atoms with Crippen LogP contribution in [0, 0.1) is 0 Å². The Balaban J connectivity index is 1.53.